The molecule has 0 aliphatic carbocycles. The molecule has 0 aliphatic heterocycles. The number of rotatable bonds is 3. The first-order valence-corrected chi connectivity index (χ1v) is 7.45. The van der Waals surface area contributed by atoms with Crippen LogP contribution in [0.3, 0.4) is 0 Å². The van der Waals surface area contributed by atoms with Gasteiger partial charge in [0.2, 0.25) is 0 Å². The number of aromatic amines is 1. The molecule has 0 saturated carbocycles. The van der Waals surface area contributed by atoms with Crippen molar-refractivity contribution in [2.24, 2.45) is 0 Å². The van der Waals surface area contributed by atoms with E-state index in [1.807, 2.05) is 26.2 Å². The molecule has 6 nitrogen and oxygen atoms in total. The number of carbonyl (C=O) groups is 1. The van der Waals surface area contributed by atoms with E-state index in [0.29, 0.717) is 18.1 Å². The lowest BCUT2D eigenvalue weighted by Gasteiger charge is -2.18. The first-order chi connectivity index (χ1) is 9.79. The Hall–Kier alpha value is -2.02. The zero-order valence-corrected chi connectivity index (χ0v) is 13.3. The molecule has 2 aromatic heterocycles. The summed E-state index contributed by atoms with van der Waals surface area (Å²) in [7, 11) is 0. The van der Waals surface area contributed by atoms with Gasteiger partial charge >= 0.3 is 0 Å². The van der Waals surface area contributed by atoms with Gasteiger partial charge in [0.25, 0.3) is 11.5 Å². The Kier molecular flexibility index (Phi) is 4.22. The van der Waals surface area contributed by atoms with Gasteiger partial charge in [-0.15, -0.1) is 11.3 Å². The van der Waals surface area contributed by atoms with Crippen molar-refractivity contribution in [2.75, 3.05) is 0 Å². The maximum Gasteiger partial charge on any atom is 0.264 e. The molecule has 0 spiro atoms. The molecule has 0 aliphatic rings. The molecule has 7 heteroatoms. The monoisotopic (exact) mass is 306 g/mol. The summed E-state index contributed by atoms with van der Waals surface area (Å²) in [5.74, 6) is 0.137. The van der Waals surface area contributed by atoms with Crippen LogP contribution in [0.25, 0.3) is 0 Å². The lowest BCUT2D eigenvalue weighted by molar-refractivity contribution is 0.0948. The average Bonchev–Trinajstić information content (AvgIpc) is 2.87. The van der Waals surface area contributed by atoms with Crippen LogP contribution in [0.1, 0.15) is 47.7 Å². The van der Waals surface area contributed by atoms with Crippen molar-refractivity contribution in [3.8, 4) is 0 Å². The fourth-order valence-corrected chi connectivity index (χ4v) is 2.35. The highest BCUT2D eigenvalue weighted by Crippen LogP contribution is 2.17. The normalized spacial score (nSPS) is 11.4. The predicted octanol–water partition coefficient (Wildman–Crippen LogP) is 1.76. The maximum absolute atomic E-state index is 12.1. The lowest BCUT2D eigenvalue weighted by atomic mass is 9.95. The van der Waals surface area contributed by atoms with E-state index in [-0.39, 0.29) is 11.0 Å². The van der Waals surface area contributed by atoms with Crippen LogP contribution in [0.2, 0.25) is 0 Å². The van der Waals surface area contributed by atoms with Crippen molar-refractivity contribution in [1.29, 1.82) is 0 Å². The van der Waals surface area contributed by atoms with E-state index in [4.69, 9.17) is 0 Å². The number of hydrogen-bond acceptors (Lipinski definition) is 5. The lowest BCUT2D eigenvalue weighted by Crippen LogP contribution is -2.33. The average molecular weight is 306 g/mol. The number of H-pyrrole nitrogens is 1. The van der Waals surface area contributed by atoms with Gasteiger partial charge in [-0.3, -0.25) is 9.59 Å². The first-order valence-electron chi connectivity index (χ1n) is 6.57. The minimum atomic E-state index is -0.433. The van der Waals surface area contributed by atoms with Crippen LogP contribution in [0, 0.1) is 6.92 Å². The molecular formula is C14H18N4O2S. The number of thiazole rings is 1. The molecule has 0 bridgehead atoms. The standard InChI is InChI=1S/C14H18N4O2S/c1-8-10(11(19)16-7-9-15-5-6-21-9)12(20)18-13(17-8)14(2,3)4/h5-6H,7H2,1-4H3,(H,16,19)(H,17,18,20). The molecule has 0 unspecified atom stereocenters. The van der Waals surface area contributed by atoms with Gasteiger partial charge in [-0.1, -0.05) is 20.8 Å². The van der Waals surface area contributed by atoms with Crippen molar-refractivity contribution in [3.63, 3.8) is 0 Å². The van der Waals surface area contributed by atoms with E-state index in [0.717, 1.165) is 5.01 Å². The highest BCUT2D eigenvalue weighted by Gasteiger charge is 2.22. The fraction of sp³-hybridized carbons (Fsp3) is 0.429. The molecule has 0 fully saturated rings. The highest BCUT2D eigenvalue weighted by atomic mass is 32.1. The highest BCUT2D eigenvalue weighted by molar-refractivity contribution is 7.09. The van der Waals surface area contributed by atoms with Crippen molar-refractivity contribution in [2.45, 2.75) is 39.7 Å². The van der Waals surface area contributed by atoms with E-state index < -0.39 is 11.5 Å². The molecule has 2 N–H and O–H groups in total. The predicted molar refractivity (Wildman–Crippen MR) is 81.6 cm³/mol. The van der Waals surface area contributed by atoms with Gasteiger partial charge in [-0.2, -0.15) is 0 Å². The Morgan fingerprint density at radius 2 is 2.14 bits per heavy atom. The maximum atomic E-state index is 12.1. The molecule has 2 aromatic rings. The molecule has 2 heterocycles. The van der Waals surface area contributed by atoms with E-state index in [1.54, 1.807) is 13.1 Å². The van der Waals surface area contributed by atoms with Gasteiger partial charge in [0.15, 0.2) is 0 Å². The molecule has 1 amide bonds. The summed E-state index contributed by atoms with van der Waals surface area (Å²) in [4.78, 5) is 35.4. The number of nitrogens with one attached hydrogen (secondary N) is 2. The quantitative estimate of drug-likeness (QED) is 0.904. The number of aromatic nitrogens is 3. The summed E-state index contributed by atoms with van der Waals surface area (Å²) in [5, 5.41) is 5.31. The van der Waals surface area contributed by atoms with Crippen LogP contribution in [0.5, 0.6) is 0 Å². The molecule has 0 atom stereocenters. The van der Waals surface area contributed by atoms with Gasteiger partial charge in [0.1, 0.15) is 16.4 Å². The molecule has 0 saturated heterocycles. The number of carbonyl (C=O) groups excluding carboxylic acids is 1. The molecule has 112 valence electrons. The molecule has 21 heavy (non-hydrogen) atoms. The second-order valence-electron chi connectivity index (χ2n) is 5.73. The Labute approximate surface area is 126 Å². The van der Waals surface area contributed by atoms with E-state index in [9.17, 15) is 9.59 Å². The smallest absolute Gasteiger partial charge is 0.264 e. The Balaban J connectivity index is 2.23. The largest absolute Gasteiger partial charge is 0.345 e. The third kappa shape index (κ3) is 3.55. The summed E-state index contributed by atoms with van der Waals surface area (Å²) in [6.45, 7) is 7.83. The van der Waals surface area contributed by atoms with Gasteiger partial charge in [-0.05, 0) is 6.92 Å². The summed E-state index contributed by atoms with van der Waals surface area (Å²) in [6.07, 6.45) is 1.67. The van der Waals surface area contributed by atoms with E-state index >= 15 is 0 Å². The minimum absolute atomic E-state index is 0.0551. The summed E-state index contributed by atoms with van der Waals surface area (Å²) >= 11 is 1.45. The van der Waals surface area contributed by atoms with Crippen LogP contribution in [-0.4, -0.2) is 20.9 Å². The van der Waals surface area contributed by atoms with Gasteiger partial charge in [-0.25, -0.2) is 9.97 Å². The Morgan fingerprint density at radius 3 is 2.67 bits per heavy atom. The fourth-order valence-electron chi connectivity index (χ4n) is 1.79. The second-order valence-corrected chi connectivity index (χ2v) is 6.71. The van der Waals surface area contributed by atoms with Crippen molar-refractivity contribution < 1.29 is 4.79 Å². The van der Waals surface area contributed by atoms with Gasteiger partial charge in [0.05, 0.1) is 12.2 Å². The Morgan fingerprint density at radius 1 is 1.43 bits per heavy atom. The van der Waals surface area contributed by atoms with Gasteiger partial charge in [0, 0.05) is 17.0 Å². The summed E-state index contributed by atoms with van der Waals surface area (Å²) in [5.41, 5.74) is -0.205. The van der Waals surface area contributed by atoms with E-state index in [2.05, 4.69) is 20.3 Å². The third-order valence-corrected chi connectivity index (χ3v) is 3.70. The first kappa shape index (κ1) is 15.4. The molecule has 0 radical (unpaired) electrons. The van der Waals surface area contributed by atoms with Crippen LogP contribution in [0.15, 0.2) is 16.4 Å². The SMILES string of the molecule is Cc1nc(C(C)(C)C)[nH]c(=O)c1C(=O)NCc1nccs1. The van der Waals surface area contributed by atoms with Crippen LogP contribution in [-0.2, 0) is 12.0 Å². The van der Waals surface area contributed by atoms with Crippen molar-refractivity contribution in [1.82, 2.24) is 20.3 Å². The molecular weight excluding hydrogens is 288 g/mol. The zero-order valence-electron chi connectivity index (χ0n) is 12.5. The van der Waals surface area contributed by atoms with Crippen molar-refractivity contribution >= 4 is 17.2 Å². The summed E-state index contributed by atoms with van der Waals surface area (Å²) < 4.78 is 0. The second kappa shape index (κ2) is 5.77. The van der Waals surface area contributed by atoms with Crippen LogP contribution in [0.4, 0.5) is 0 Å². The number of nitrogens with zero attached hydrogens (tertiary/aromatic N) is 2. The third-order valence-electron chi connectivity index (χ3n) is 2.92. The molecule has 2 rings (SSSR count). The minimum Gasteiger partial charge on any atom is -0.345 e. The van der Waals surface area contributed by atoms with E-state index in [1.165, 1.54) is 11.3 Å². The van der Waals surface area contributed by atoms with Crippen molar-refractivity contribution in [3.05, 3.63) is 44.0 Å². The van der Waals surface area contributed by atoms with Crippen LogP contribution < -0.4 is 10.9 Å². The van der Waals surface area contributed by atoms with Crippen LogP contribution >= 0.6 is 11.3 Å². The van der Waals surface area contributed by atoms with Gasteiger partial charge < -0.3 is 10.3 Å². The zero-order chi connectivity index (χ0) is 15.6. The Bertz CT molecular complexity index is 699. The number of hydrogen-bond donors (Lipinski definition) is 2. The number of aryl methyl sites for hydroxylation is 1. The topological polar surface area (TPSA) is 87.7 Å². The number of amides is 1. The summed E-state index contributed by atoms with van der Waals surface area (Å²) in [6, 6.07) is 0. The molecule has 0 aromatic carbocycles.